The summed E-state index contributed by atoms with van der Waals surface area (Å²) in [7, 11) is -3.98. The zero-order chi connectivity index (χ0) is 24.0. The van der Waals surface area contributed by atoms with Gasteiger partial charge in [-0.2, -0.15) is 5.10 Å². The highest BCUT2D eigenvalue weighted by molar-refractivity contribution is 9.10. The predicted octanol–water partition coefficient (Wildman–Crippen LogP) is 5.06. The van der Waals surface area contributed by atoms with E-state index >= 15 is 0 Å². The fourth-order valence-electron chi connectivity index (χ4n) is 3.28. The van der Waals surface area contributed by atoms with E-state index in [0.717, 1.165) is 25.5 Å². The van der Waals surface area contributed by atoms with Crippen molar-refractivity contribution >= 4 is 43.3 Å². The molecule has 1 N–H and O–H groups in total. The van der Waals surface area contributed by atoms with Crippen LogP contribution in [0.4, 0.5) is 5.69 Å². The summed E-state index contributed by atoms with van der Waals surface area (Å²) in [6.45, 7) is 5.21. The maximum absolute atomic E-state index is 13.5. The fraction of sp³-hybridized carbons (Fsp3) is 0.200. The van der Waals surface area contributed by atoms with Crippen molar-refractivity contribution in [1.29, 1.82) is 0 Å². The minimum Gasteiger partial charge on any atom is -0.271 e. The van der Waals surface area contributed by atoms with Crippen LogP contribution in [-0.2, 0) is 21.2 Å². The van der Waals surface area contributed by atoms with Crippen molar-refractivity contribution in [3.8, 4) is 0 Å². The third kappa shape index (κ3) is 6.09. The standard InChI is InChI=1S/C25H26BrN3O3S/c1-4-20-8-5-6-11-24(20)29(33(31,32)23-14-12-18(2)13-15-23)17-25(30)28-27-19(3)21-9-7-10-22(26)16-21/h5-16H,4,17H2,1-3H3,(H,28,30)/b27-19-. The highest BCUT2D eigenvalue weighted by Gasteiger charge is 2.28. The van der Waals surface area contributed by atoms with Crippen molar-refractivity contribution in [2.24, 2.45) is 5.10 Å². The van der Waals surface area contributed by atoms with E-state index in [1.807, 2.05) is 50.2 Å². The summed E-state index contributed by atoms with van der Waals surface area (Å²) < 4.78 is 29.1. The molecule has 0 bridgehead atoms. The lowest BCUT2D eigenvalue weighted by Crippen LogP contribution is -2.40. The third-order valence-electron chi connectivity index (χ3n) is 5.13. The van der Waals surface area contributed by atoms with Gasteiger partial charge in [0.15, 0.2) is 0 Å². The van der Waals surface area contributed by atoms with Crippen LogP contribution in [0, 0.1) is 6.92 Å². The SMILES string of the molecule is CCc1ccccc1N(CC(=O)N/N=C(/C)c1cccc(Br)c1)S(=O)(=O)c1ccc(C)cc1. The number of nitrogens with one attached hydrogen (secondary N) is 1. The molecule has 0 saturated heterocycles. The number of rotatable bonds is 8. The Morgan fingerprint density at radius 3 is 2.39 bits per heavy atom. The number of para-hydroxylation sites is 1. The number of aryl methyl sites for hydroxylation is 2. The lowest BCUT2D eigenvalue weighted by molar-refractivity contribution is -0.119. The summed E-state index contributed by atoms with van der Waals surface area (Å²) in [5.41, 5.74) is 6.19. The van der Waals surface area contributed by atoms with Crippen LogP contribution in [-0.4, -0.2) is 26.6 Å². The van der Waals surface area contributed by atoms with Crippen molar-refractivity contribution in [3.05, 3.63) is 94.0 Å². The molecule has 0 aliphatic rings. The Morgan fingerprint density at radius 1 is 1.03 bits per heavy atom. The molecule has 0 aromatic heterocycles. The molecule has 0 spiro atoms. The topological polar surface area (TPSA) is 78.8 Å². The summed E-state index contributed by atoms with van der Waals surface area (Å²) in [4.78, 5) is 13.0. The van der Waals surface area contributed by atoms with E-state index in [9.17, 15) is 13.2 Å². The minimum atomic E-state index is -3.98. The number of carbonyl (C=O) groups excluding carboxylic acids is 1. The van der Waals surface area contributed by atoms with Gasteiger partial charge < -0.3 is 0 Å². The largest absolute Gasteiger partial charge is 0.271 e. The Hall–Kier alpha value is -2.97. The third-order valence-corrected chi connectivity index (χ3v) is 7.40. The normalized spacial score (nSPS) is 11.8. The Morgan fingerprint density at radius 2 is 1.73 bits per heavy atom. The molecule has 6 nitrogen and oxygen atoms in total. The summed E-state index contributed by atoms with van der Waals surface area (Å²) >= 11 is 3.42. The smallest absolute Gasteiger partial charge is 0.264 e. The van der Waals surface area contributed by atoms with Crippen molar-refractivity contribution in [2.75, 3.05) is 10.8 Å². The average molecular weight is 528 g/mol. The molecule has 33 heavy (non-hydrogen) atoms. The van der Waals surface area contributed by atoms with Gasteiger partial charge in [-0.25, -0.2) is 13.8 Å². The Kier molecular flexibility index (Phi) is 8.05. The van der Waals surface area contributed by atoms with Crippen molar-refractivity contribution in [3.63, 3.8) is 0 Å². The van der Waals surface area contributed by atoms with Gasteiger partial charge in [-0.15, -0.1) is 0 Å². The van der Waals surface area contributed by atoms with Gasteiger partial charge in [0, 0.05) is 4.47 Å². The van der Waals surface area contributed by atoms with Gasteiger partial charge in [0.05, 0.1) is 16.3 Å². The molecule has 3 aromatic rings. The van der Waals surface area contributed by atoms with Gasteiger partial charge >= 0.3 is 0 Å². The van der Waals surface area contributed by atoms with Crippen LogP contribution in [0.5, 0.6) is 0 Å². The van der Waals surface area contributed by atoms with Gasteiger partial charge in [0.2, 0.25) is 0 Å². The van der Waals surface area contributed by atoms with E-state index in [2.05, 4.69) is 26.5 Å². The van der Waals surface area contributed by atoms with Crippen molar-refractivity contribution in [2.45, 2.75) is 32.1 Å². The monoisotopic (exact) mass is 527 g/mol. The molecule has 0 aliphatic carbocycles. The quantitative estimate of drug-likeness (QED) is 0.328. The molecule has 172 valence electrons. The fourth-order valence-corrected chi connectivity index (χ4v) is 5.14. The van der Waals surface area contributed by atoms with Crippen LogP contribution in [0.1, 0.15) is 30.5 Å². The van der Waals surface area contributed by atoms with E-state index in [4.69, 9.17) is 0 Å². The number of sulfonamides is 1. The average Bonchev–Trinajstić information content (AvgIpc) is 2.81. The first kappa shape index (κ1) is 24.7. The number of hydrazone groups is 1. The van der Waals surface area contributed by atoms with Crippen LogP contribution >= 0.6 is 15.9 Å². The maximum atomic E-state index is 13.5. The molecule has 0 fully saturated rings. The molecule has 3 aromatic carbocycles. The van der Waals surface area contributed by atoms with Crippen LogP contribution in [0.25, 0.3) is 0 Å². The van der Waals surface area contributed by atoms with Crippen LogP contribution in [0.3, 0.4) is 0 Å². The molecule has 3 rings (SSSR count). The van der Waals surface area contributed by atoms with Crippen LogP contribution in [0.15, 0.2) is 87.3 Å². The van der Waals surface area contributed by atoms with E-state index < -0.39 is 22.5 Å². The summed E-state index contributed by atoms with van der Waals surface area (Å²) in [5.74, 6) is -0.536. The van der Waals surface area contributed by atoms with Crippen LogP contribution in [0.2, 0.25) is 0 Å². The highest BCUT2D eigenvalue weighted by atomic mass is 79.9. The summed E-state index contributed by atoms with van der Waals surface area (Å²) in [6.07, 6.45) is 0.623. The minimum absolute atomic E-state index is 0.126. The van der Waals surface area contributed by atoms with Gasteiger partial charge in [-0.1, -0.05) is 70.9 Å². The Labute approximate surface area is 203 Å². The van der Waals surface area contributed by atoms with Gasteiger partial charge in [0.1, 0.15) is 6.54 Å². The number of hydrogen-bond acceptors (Lipinski definition) is 4. The second-order valence-electron chi connectivity index (χ2n) is 7.55. The second-order valence-corrected chi connectivity index (χ2v) is 10.3. The van der Waals surface area contributed by atoms with Crippen molar-refractivity contribution < 1.29 is 13.2 Å². The molecule has 0 saturated carbocycles. The Bertz CT molecular complexity index is 1270. The van der Waals surface area contributed by atoms with Gasteiger partial charge in [-0.3, -0.25) is 9.10 Å². The number of amides is 1. The van der Waals surface area contributed by atoms with Gasteiger partial charge in [-0.05, 0) is 61.7 Å². The molecular weight excluding hydrogens is 502 g/mol. The molecule has 0 atom stereocenters. The molecule has 0 heterocycles. The highest BCUT2D eigenvalue weighted by Crippen LogP contribution is 2.27. The van der Waals surface area contributed by atoms with E-state index in [1.165, 1.54) is 0 Å². The Balaban J connectivity index is 1.92. The number of halogens is 1. The predicted molar refractivity (Wildman–Crippen MR) is 136 cm³/mol. The molecule has 0 aliphatic heterocycles. The van der Waals surface area contributed by atoms with E-state index in [1.54, 1.807) is 43.3 Å². The zero-order valence-electron chi connectivity index (χ0n) is 18.7. The van der Waals surface area contributed by atoms with E-state index in [-0.39, 0.29) is 4.90 Å². The summed E-state index contributed by atoms with van der Waals surface area (Å²) in [6, 6.07) is 21.3. The molecule has 1 amide bonds. The lowest BCUT2D eigenvalue weighted by atomic mass is 10.1. The number of hydrogen-bond donors (Lipinski definition) is 1. The molecule has 0 unspecified atom stereocenters. The second kappa shape index (κ2) is 10.8. The lowest BCUT2D eigenvalue weighted by Gasteiger charge is -2.26. The number of carbonyl (C=O) groups is 1. The van der Waals surface area contributed by atoms with Gasteiger partial charge in [0.25, 0.3) is 15.9 Å². The van der Waals surface area contributed by atoms with Crippen molar-refractivity contribution in [1.82, 2.24) is 5.43 Å². The van der Waals surface area contributed by atoms with Crippen LogP contribution < -0.4 is 9.73 Å². The zero-order valence-corrected chi connectivity index (χ0v) is 21.2. The number of benzene rings is 3. The van der Waals surface area contributed by atoms with E-state index in [0.29, 0.717) is 17.8 Å². The number of anilines is 1. The maximum Gasteiger partial charge on any atom is 0.264 e. The first-order chi connectivity index (χ1) is 15.7. The first-order valence-corrected chi connectivity index (χ1v) is 12.7. The molecule has 8 heteroatoms. The molecular formula is C25H26BrN3O3S. The number of nitrogens with zero attached hydrogens (tertiary/aromatic N) is 2. The first-order valence-electron chi connectivity index (χ1n) is 10.5. The molecule has 0 radical (unpaired) electrons. The summed E-state index contributed by atoms with van der Waals surface area (Å²) in [5, 5.41) is 4.17.